The summed E-state index contributed by atoms with van der Waals surface area (Å²) in [6.07, 6.45) is 8.46. The second-order valence-electron chi connectivity index (χ2n) is 9.78. The third kappa shape index (κ3) is 4.17. The predicted octanol–water partition coefficient (Wildman–Crippen LogP) is 0.663. The molecule has 3 aliphatic carbocycles. The Morgan fingerprint density at radius 2 is 1.26 bits per heavy atom. The number of ether oxygens (including phenoxy) is 2. The largest absolute Gasteiger partial charge is 0.393 e. The van der Waals surface area contributed by atoms with E-state index >= 15 is 0 Å². The van der Waals surface area contributed by atoms with Crippen LogP contribution in [0.3, 0.4) is 0 Å². The van der Waals surface area contributed by atoms with Gasteiger partial charge in [0.1, 0.15) is 0 Å². The van der Waals surface area contributed by atoms with Crippen molar-refractivity contribution in [1.29, 1.82) is 0 Å². The Hall–Kier alpha value is -3.30. The molecule has 10 nitrogen and oxygen atoms in total. The van der Waals surface area contributed by atoms with Crippen molar-refractivity contribution in [2.75, 3.05) is 0 Å². The number of carbonyl (C=O) groups is 6. The van der Waals surface area contributed by atoms with Gasteiger partial charge in [0.05, 0.1) is 29.7 Å². The molecule has 4 fully saturated rings. The van der Waals surface area contributed by atoms with E-state index in [-0.39, 0.29) is 29.7 Å². The van der Waals surface area contributed by atoms with E-state index in [2.05, 4.69) is 10.6 Å². The molecule has 0 aromatic carbocycles. The Balaban J connectivity index is 1.09. The quantitative estimate of drug-likeness (QED) is 0.450. The fourth-order valence-corrected chi connectivity index (χ4v) is 5.77. The number of rotatable bonds is 4. The van der Waals surface area contributed by atoms with Gasteiger partial charge < -0.3 is 20.1 Å². The zero-order chi connectivity index (χ0) is 24.0. The van der Waals surface area contributed by atoms with Crippen molar-refractivity contribution in [3.8, 4) is 0 Å². The van der Waals surface area contributed by atoms with E-state index < -0.39 is 47.5 Å². The van der Waals surface area contributed by atoms with Gasteiger partial charge in [-0.25, -0.2) is 0 Å². The number of fused-ring (bicyclic) bond motifs is 2. The van der Waals surface area contributed by atoms with Gasteiger partial charge in [-0.1, -0.05) is 12.2 Å². The molecule has 0 bridgehead atoms. The Kier molecular flexibility index (Phi) is 5.83. The highest BCUT2D eigenvalue weighted by Gasteiger charge is 2.50. The van der Waals surface area contributed by atoms with Crippen LogP contribution in [0.2, 0.25) is 0 Å². The van der Waals surface area contributed by atoms with Crippen molar-refractivity contribution >= 4 is 35.7 Å². The van der Waals surface area contributed by atoms with E-state index in [1.54, 1.807) is 12.2 Å². The summed E-state index contributed by atoms with van der Waals surface area (Å²) in [5.41, 5.74) is 0.621. The predicted molar refractivity (Wildman–Crippen MR) is 113 cm³/mol. The summed E-state index contributed by atoms with van der Waals surface area (Å²) in [5, 5.41) is 5.83. The molecule has 180 valence electrons. The lowest BCUT2D eigenvalue weighted by atomic mass is 9.75. The van der Waals surface area contributed by atoms with Crippen molar-refractivity contribution < 1.29 is 38.2 Å². The summed E-state index contributed by atoms with van der Waals surface area (Å²) in [7, 11) is 0. The van der Waals surface area contributed by atoms with Crippen LogP contribution in [0.4, 0.5) is 0 Å². The molecule has 0 spiro atoms. The SMILES string of the molecule is O=C(NC1=CCC(NC(=O)C2CCC3C(=O)OC(=O)C3C2)C=C1)C1CCC2C(=O)OC(=O)C2C1. The van der Waals surface area contributed by atoms with Gasteiger partial charge in [0.15, 0.2) is 0 Å². The first-order valence-electron chi connectivity index (χ1n) is 11.8. The number of esters is 4. The highest BCUT2D eigenvalue weighted by molar-refractivity contribution is 5.98. The Morgan fingerprint density at radius 1 is 0.735 bits per heavy atom. The first-order valence-corrected chi connectivity index (χ1v) is 11.8. The van der Waals surface area contributed by atoms with Gasteiger partial charge in [-0.05, 0) is 51.0 Å². The van der Waals surface area contributed by atoms with Crippen LogP contribution in [0.25, 0.3) is 0 Å². The molecule has 7 atom stereocenters. The van der Waals surface area contributed by atoms with Crippen LogP contribution < -0.4 is 10.6 Å². The highest BCUT2D eigenvalue weighted by Crippen LogP contribution is 2.40. The molecule has 0 radical (unpaired) electrons. The smallest absolute Gasteiger partial charge is 0.317 e. The topological polar surface area (TPSA) is 145 Å². The molecular formula is C24H26N2O8. The summed E-state index contributed by atoms with van der Waals surface area (Å²) in [5.74, 6) is -5.00. The van der Waals surface area contributed by atoms with E-state index in [1.807, 2.05) is 6.08 Å². The lowest BCUT2D eigenvalue weighted by Gasteiger charge is -2.29. The number of hydrogen-bond acceptors (Lipinski definition) is 8. The van der Waals surface area contributed by atoms with Crippen LogP contribution in [0.15, 0.2) is 23.9 Å². The van der Waals surface area contributed by atoms with Crippen LogP contribution in [-0.2, 0) is 38.2 Å². The maximum atomic E-state index is 12.7. The minimum atomic E-state index is -0.535. The Morgan fingerprint density at radius 3 is 1.79 bits per heavy atom. The summed E-state index contributed by atoms with van der Waals surface area (Å²) in [6, 6.07) is -0.238. The van der Waals surface area contributed by atoms with Crippen LogP contribution in [0.1, 0.15) is 44.9 Å². The molecule has 10 heteroatoms. The van der Waals surface area contributed by atoms with Crippen molar-refractivity contribution in [3.63, 3.8) is 0 Å². The summed E-state index contributed by atoms with van der Waals surface area (Å²) >= 11 is 0. The summed E-state index contributed by atoms with van der Waals surface area (Å²) in [6.45, 7) is 0. The number of carbonyl (C=O) groups excluding carboxylic acids is 6. The van der Waals surface area contributed by atoms with Crippen LogP contribution in [0.5, 0.6) is 0 Å². The molecule has 0 aromatic heterocycles. The summed E-state index contributed by atoms with van der Waals surface area (Å²) < 4.78 is 9.40. The van der Waals surface area contributed by atoms with Crippen LogP contribution >= 0.6 is 0 Å². The molecule has 7 unspecified atom stereocenters. The third-order valence-corrected chi connectivity index (χ3v) is 7.75. The monoisotopic (exact) mass is 470 g/mol. The first kappa shape index (κ1) is 22.5. The lowest BCUT2D eigenvalue weighted by molar-refractivity contribution is -0.155. The van der Waals surface area contributed by atoms with Gasteiger partial charge >= 0.3 is 23.9 Å². The maximum Gasteiger partial charge on any atom is 0.317 e. The minimum Gasteiger partial charge on any atom is -0.393 e. The number of allylic oxidation sites excluding steroid dienone is 1. The average molecular weight is 470 g/mol. The number of nitrogens with one attached hydrogen (secondary N) is 2. The van der Waals surface area contributed by atoms with E-state index in [4.69, 9.17) is 9.47 Å². The molecule has 2 heterocycles. The normalized spacial score (nSPS) is 36.7. The molecule has 34 heavy (non-hydrogen) atoms. The number of hydrogen-bond donors (Lipinski definition) is 2. The standard InChI is InChI=1S/C24H26N2O8/c27-19(11-1-7-15-17(9-11)23(31)33-21(15)29)25-13-3-5-14(6-4-13)26-20(28)12-2-8-16-18(10-12)24(32)34-22(16)30/h3-5,11-12,14-18H,1-2,6-10H2,(H,25,27)(H,26,28). The van der Waals surface area contributed by atoms with E-state index in [0.29, 0.717) is 50.6 Å². The molecule has 5 aliphatic rings. The van der Waals surface area contributed by atoms with Crippen molar-refractivity contribution in [2.45, 2.75) is 51.0 Å². The molecule has 2 saturated carbocycles. The van der Waals surface area contributed by atoms with Gasteiger partial charge in [0, 0.05) is 17.5 Å². The average Bonchev–Trinajstić information content (AvgIpc) is 3.28. The molecule has 2 aliphatic heterocycles. The maximum absolute atomic E-state index is 12.7. The van der Waals surface area contributed by atoms with Gasteiger partial charge in [0.2, 0.25) is 11.8 Å². The van der Waals surface area contributed by atoms with Gasteiger partial charge in [-0.3, -0.25) is 28.8 Å². The van der Waals surface area contributed by atoms with Crippen LogP contribution in [0, 0.1) is 35.5 Å². The van der Waals surface area contributed by atoms with Gasteiger partial charge in [-0.15, -0.1) is 0 Å². The molecular weight excluding hydrogens is 444 g/mol. The fourth-order valence-electron chi connectivity index (χ4n) is 5.77. The molecule has 2 amide bonds. The lowest BCUT2D eigenvalue weighted by Crippen LogP contribution is -2.42. The number of amides is 2. The molecule has 2 saturated heterocycles. The molecule has 0 aromatic rings. The van der Waals surface area contributed by atoms with E-state index in [0.717, 1.165) is 0 Å². The third-order valence-electron chi connectivity index (χ3n) is 7.75. The highest BCUT2D eigenvalue weighted by atomic mass is 16.6. The van der Waals surface area contributed by atoms with Crippen molar-refractivity contribution in [1.82, 2.24) is 10.6 Å². The van der Waals surface area contributed by atoms with Crippen LogP contribution in [-0.4, -0.2) is 41.7 Å². The van der Waals surface area contributed by atoms with E-state index in [1.165, 1.54) is 0 Å². The first-order chi connectivity index (χ1) is 16.3. The zero-order valence-corrected chi connectivity index (χ0v) is 18.5. The fraction of sp³-hybridized carbons (Fsp3) is 0.583. The Bertz CT molecular complexity index is 1030. The van der Waals surface area contributed by atoms with Crippen molar-refractivity contribution in [2.24, 2.45) is 35.5 Å². The van der Waals surface area contributed by atoms with Gasteiger partial charge in [0.25, 0.3) is 0 Å². The van der Waals surface area contributed by atoms with E-state index in [9.17, 15) is 28.8 Å². The minimum absolute atomic E-state index is 0.157. The zero-order valence-electron chi connectivity index (χ0n) is 18.5. The second kappa shape index (κ2) is 8.81. The summed E-state index contributed by atoms with van der Waals surface area (Å²) in [4.78, 5) is 72.4. The van der Waals surface area contributed by atoms with Crippen molar-refractivity contribution in [3.05, 3.63) is 23.9 Å². The number of cyclic esters (lactones) is 4. The second-order valence-corrected chi connectivity index (χ2v) is 9.78. The molecule has 5 rings (SSSR count). The Labute approximate surface area is 195 Å². The molecule has 2 N–H and O–H groups in total. The van der Waals surface area contributed by atoms with Gasteiger partial charge in [-0.2, -0.15) is 0 Å².